The third-order valence-corrected chi connectivity index (χ3v) is 5.44. The Morgan fingerprint density at radius 1 is 1.13 bits per heavy atom. The first-order chi connectivity index (χ1) is 15.2. The van der Waals surface area contributed by atoms with Crippen molar-refractivity contribution in [3.05, 3.63) is 72.4 Å². The molecule has 0 saturated carbocycles. The van der Waals surface area contributed by atoms with Crippen LogP contribution in [0.25, 0.3) is 5.69 Å². The van der Waals surface area contributed by atoms with Crippen LogP contribution in [0.3, 0.4) is 0 Å². The number of benzene rings is 1. The Bertz CT molecular complexity index is 977. The van der Waals surface area contributed by atoms with Crippen LogP contribution in [0.2, 0.25) is 0 Å². The zero-order valence-corrected chi connectivity index (χ0v) is 17.7. The zero-order valence-electron chi connectivity index (χ0n) is 17.7. The third-order valence-electron chi connectivity index (χ3n) is 5.44. The molecule has 2 aromatic heterocycles. The van der Waals surface area contributed by atoms with Crippen LogP contribution in [-0.4, -0.2) is 53.4 Å². The minimum absolute atomic E-state index is 0.249. The van der Waals surface area contributed by atoms with Gasteiger partial charge in [0.15, 0.2) is 5.96 Å². The van der Waals surface area contributed by atoms with Gasteiger partial charge < -0.3 is 15.5 Å². The molecule has 0 unspecified atom stereocenters. The lowest BCUT2D eigenvalue weighted by Gasteiger charge is -2.33. The summed E-state index contributed by atoms with van der Waals surface area (Å²) in [7, 11) is 1.79. The normalized spacial score (nSPS) is 15.2. The Hall–Kier alpha value is -3.42. The highest BCUT2D eigenvalue weighted by Gasteiger charge is 2.20. The standard InChI is InChI=1S/C23H28FN7/c1-25-23(28-19-10-15-30(16-11-19)22-4-2-3-13-26-22)27-14-9-20-12-17-31(29-20)21-7-5-18(24)6-8-21/h2-8,12-13,17,19H,9-11,14-16H2,1H3,(H2,25,27,28). The van der Waals surface area contributed by atoms with Crippen molar-refractivity contribution in [1.82, 2.24) is 25.4 Å². The van der Waals surface area contributed by atoms with E-state index in [2.05, 4.69) is 36.7 Å². The largest absolute Gasteiger partial charge is 0.356 e. The molecule has 0 amide bonds. The monoisotopic (exact) mass is 421 g/mol. The highest BCUT2D eigenvalue weighted by atomic mass is 19.1. The molecule has 0 spiro atoms. The number of piperidine rings is 1. The summed E-state index contributed by atoms with van der Waals surface area (Å²) in [4.78, 5) is 11.1. The maximum atomic E-state index is 13.1. The fourth-order valence-corrected chi connectivity index (χ4v) is 3.72. The van der Waals surface area contributed by atoms with Gasteiger partial charge in [-0.25, -0.2) is 14.1 Å². The fourth-order valence-electron chi connectivity index (χ4n) is 3.72. The fraction of sp³-hybridized carbons (Fsp3) is 0.348. The van der Waals surface area contributed by atoms with Crippen molar-refractivity contribution in [3.63, 3.8) is 0 Å². The van der Waals surface area contributed by atoms with Gasteiger partial charge in [0, 0.05) is 51.5 Å². The molecule has 162 valence electrons. The van der Waals surface area contributed by atoms with Crippen LogP contribution >= 0.6 is 0 Å². The number of halogens is 1. The predicted octanol–water partition coefficient (Wildman–Crippen LogP) is 2.78. The molecule has 0 bridgehead atoms. The number of hydrogen-bond acceptors (Lipinski definition) is 4. The minimum atomic E-state index is -0.249. The first-order valence-electron chi connectivity index (χ1n) is 10.6. The molecule has 0 atom stereocenters. The quantitative estimate of drug-likeness (QED) is 0.473. The SMILES string of the molecule is CN=C(NCCc1ccn(-c2ccc(F)cc2)n1)NC1CCN(c2ccccn2)CC1. The number of rotatable bonds is 6. The van der Waals surface area contributed by atoms with Crippen molar-refractivity contribution in [2.45, 2.75) is 25.3 Å². The lowest BCUT2D eigenvalue weighted by Crippen LogP contribution is -2.49. The average Bonchev–Trinajstić information content (AvgIpc) is 3.29. The van der Waals surface area contributed by atoms with E-state index in [0.29, 0.717) is 6.04 Å². The second-order valence-electron chi connectivity index (χ2n) is 7.57. The van der Waals surface area contributed by atoms with Crippen molar-refractivity contribution in [3.8, 4) is 5.69 Å². The summed E-state index contributed by atoms with van der Waals surface area (Å²) in [6.07, 6.45) is 6.59. The van der Waals surface area contributed by atoms with Crippen LogP contribution in [0, 0.1) is 5.82 Å². The molecule has 4 rings (SSSR count). The summed E-state index contributed by atoms with van der Waals surface area (Å²) in [6.45, 7) is 2.69. The average molecular weight is 422 g/mol. The highest BCUT2D eigenvalue weighted by Crippen LogP contribution is 2.17. The number of pyridine rings is 1. The van der Waals surface area contributed by atoms with E-state index in [4.69, 9.17) is 0 Å². The van der Waals surface area contributed by atoms with Crippen molar-refractivity contribution < 1.29 is 4.39 Å². The summed E-state index contributed by atoms with van der Waals surface area (Å²) in [6, 6.07) is 14.7. The van der Waals surface area contributed by atoms with Gasteiger partial charge in [-0.3, -0.25) is 4.99 Å². The Morgan fingerprint density at radius 2 is 1.94 bits per heavy atom. The van der Waals surface area contributed by atoms with Gasteiger partial charge in [-0.15, -0.1) is 0 Å². The Labute approximate surface area is 182 Å². The number of nitrogens with one attached hydrogen (secondary N) is 2. The topological polar surface area (TPSA) is 70.4 Å². The molecular weight excluding hydrogens is 393 g/mol. The van der Waals surface area contributed by atoms with Crippen LogP contribution < -0.4 is 15.5 Å². The van der Waals surface area contributed by atoms with Crippen LogP contribution in [0.5, 0.6) is 0 Å². The number of nitrogens with zero attached hydrogens (tertiary/aromatic N) is 5. The molecule has 3 aromatic rings. The smallest absolute Gasteiger partial charge is 0.191 e. The van der Waals surface area contributed by atoms with Crippen LogP contribution in [0.1, 0.15) is 18.5 Å². The highest BCUT2D eigenvalue weighted by molar-refractivity contribution is 5.80. The Balaban J connectivity index is 1.21. The molecule has 0 aliphatic carbocycles. The Morgan fingerprint density at radius 3 is 2.65 bits per heavy atom. The maximum absolute atomic E-state index is 13.1. The summed E-state index contributed by atoms with van der Waals surface area (Å²) in [5.41, 5.74) is 1.81. The van der Waals surface area contributed by atoms with E-state index in [9.17, 15) is 4.39 Å². The molecular formula is C23H28FN7. The number of guanidine groups is 1. The molecule has 31 heavy (non-hydrogen) atoms. The van der Waals surface area contributed by atoms with Gasteiger partial charge in [-0.05, 0) is 55.3 Å². The van der Waals surface area contributed by atoms with E-state index in [1.54, 1.807) is 23.9 Å². The second kappa shape index (κ2) is 10.1. The van der Waals surface area contributed by atoms with Crippen LogP contribution in [-0.2, 0) is 6.42 Å². The van der Waals surface area contributed by atoms with Crippen LogP contribution in [0.15, 0.2) is 65.9 Å². The van der Waals surface area contributed by atoms with Crippen molar-refractivity contribution in [2.75, 3.05) is 31.6 Å². The molecule has 0 radical (unpaired) electrons. The number of hydrogen-bond donors (Lipinski definition) is 2. The van der Waals surface area contributed by atoms with Gasteiger partial charge in [-0.2, -0.15) is 5.10 Å². The summed E-state index contributed by atoms with van der Waals surface area (Å²) < 4.78 is 14.8. The van der Waals surface area contributed by atoms with E-state index in [1.807, 2.05) is 30.6 Å². The molecule has 1 aliphatic heterocycles. The molecule has 7 nitrogen and oxygen atoms in total. The molecule has 1 aliphatic rings. The van der Waals surface area contributed by atoms with Crippen LogP contribution in [0.4, 0.5) is 10.2 Å². The summed E-state index contributed by atoms with van der Waals surface area (Å²) >= 11 is 0. The van der Waals surface area contributed by atoms with Gasteiger partial charge in [0.2, 0.25) is 0 Å². The van der Waals surface area contributed by atoms with Gasteiger partial charge in [-0.1, -0.05) is 6.07 Å². The van der Waals surface area contributed by atoms with Gasteiger partial charge in [0.25, 0.3) is 0 Å². The van der Waals surface area contributed by atoms with Crippen molar-refractivity contribution >= 4 is 11.8 Å². The number of aromatic nitrogens is 3. The predicted molar refractivity (Wildman–Crippen MR) is 121 cm³/mol. The molecule has 1 fully saturated rings. The third kappa shape index (κ3) is 5.59. The van der Waals surface area contributed by atoms with E-state index in [1.165, 1.54) is 12.1 Å². The lowest BCUT2D eigenvalue weighted by atomic mass is 10.1. The summed E-state index contributed by atoms with van der Waals surface area (Å²) in [5, 5.41) is 11.5. The van der Waals surface area contributed by atoms with Gasteiger partial charge in [0.05, 0.1) is 11.4 Å². The lowest BCUT2D eigenvalue weighted by molar-refractivity contribution is 0.459. The van der Waals surface area contributed by atoms with Crippen molar-refractivity contribution in [1.29, 1.82) is 0 Å². The molecule has 3 heterocycles. The number of anilines is 1. The minimum Gasteiger partial charge on any atom is -0.356 e. The first-order valence-corrected chi connectivity index (χ1v) is 10.6. The first kappa shape index (κ1) is 20.8. The molecule has 1 aromatic carbocycles. The number of aliphatic imine (C=N–C) groups is 1. The molecule has 2 N–H and O–H groups in total. The van der Waals surface area contributed by atoms with Gasteiger partial charge >= 0.3 is 0 Å². The Kier molecular flexibility index (Phi) is 6.76. The summed E-state index contributed by atoms with van der Waals surface area (Å²) in [5.74, 6) is 1.61. The molecule has 1 saturated heterocycles. The van der Waals surface area contributed by atoms with E-state index >= 15 is 0 Å². The maximum Gasteiger partial charge on any atom is 0.191 e. The van der Waals surface area contributed by atoms with E-state index in [-0.39, 0.29) is 5.82 Å². The van der Waals surface area contributed by atoms with E-state index < -0.39 is 0 Å². The van der Waals surface area contributed by atoms with E-state index in [0.717, 1.165) is 62.1 Å². The molecule has 8 heteroatoms. The van der Waals surface area contributed by atoms with Crippen molar-refractivity contribution in [2.24, 2.45) is 4.99 Å². The van der Waals surface area contributed by atoms with Gasteiger partial charge in [0.1, 0.15) is 11.6 Å². The zero-order chi connectivity index (χ0) is 21.5. The second-order valence-corrected chi connectivity index (χ2v) is 7.57.